The number of aromatic hydroxyl groups is 1. The fourth-order valence-electron chi connectivity index (χ4n) is 3.10. The molecule has 5 nitrogen and oxygen atoms in total. The maximum absolute atomic E-state index is 11.6. The molecule has 0 amide bonds. The Bertz CT molecular complexity index is 829. The predicted octanol–water partition coefficient (Wildman–Crippen LogP) is 6.11. The Balaban J connectivity index is 1.98. The minimum atomic E-state index is -4.31. The van der Waals surface area contributed by atoms with Crippen LogP contribution in [-0.2, 0) is 16.5 Å². The van der Waals surface area contributed by atoms with Gasteiger partial charge in [0, 0.05) is 6.07 Å². The average Bonchev–Trinajstić information content (AvgIpc) is 2.65. The van der Waals surface area contributed by atoms with E-state index in [2.05, 4.69) is 6.92 Å². The summed E-state index contributed by atoms with van der Waals surface area (Å²) in [4.78, 5) is -0.168. The summed E-state index contributed by atoms with van der Waals surface area (Å²) in [6.45, 7) is 2.21. The quantitative estimate of drug-likeness (QED) is 0.328. The summed E-state index contributed by atoms with van der Waals surface area (Å²) in [5.74, 6) is 0.938. The molecule has 2 aromatic carbocycles. The summed E-state index contributed by atoms with van der Waals surface area (Å²) in [5.41, 5.74) is 0.815. The molecule has 2 N–H and O–H groups in total. The monoisotopic (exact) mass is 406 g/mol. The SMILES string of the molecule is CCCCCCCCCCc1cc(Oc2ccc(O)cc2)cc(S(=O)(=O)O)c1. The van der Waals surface area contributed by atoms with E-state index in [-0.39, 0.29) is 10.6 Å². The van der Waals surface area contributed by atoms with Gasteiger partial charge >= 0.3 is 0 Å². The van der Waals surface area contributed by atoms with Crippen LogP contribution in [0.4, 0.5) is 0 Å². The van der Waals surface area contributed by atoms with Crippen LogP contribution in [0.1, 0.15) is 63.9 Å². The van der Waals surface area contributed by atoms with Crippen LogP contribution in [0.3, 0.4) is 0 Å². The van der Waals surface area contributed by atoms with Gasteiger partial charge in [0.1, 0.15) is 17.2 Å². The Hall–Kier alpha value is -2.05. The molecule has 0 saturated heterocycles. The first kappa shape index (κ1) is 22.2. The van der Waals surface area contributed by atoms with Gasteiger partial charge in [-0.1, -0.05) is 51.9 Å². The van der Waals surface area contributed by atoms with E-state index < -0.39 is 10.1 Å². The lowest BCUT2D eigenvalue weighted by Gasteiger charge is -2.10. The number of hydrogen-bond donors (Lipinski definition) is 2. The maximum atomic E-state index is 11.6. The Morgan fingerprint density at radius 2 is 1.43 bits per heavy atom. The van der Waals surface area contributed by atoms with E-state index in [1.54, 1.807) is 18.2 Å². The molecule has 0 aromatic heterocycles. The highest BCUT2D eigenvalue weighted by molar-refractivity contribution is 7.85. The molecule has 154 valence electrons. The molecule has 0 aliphatic carbocycles. The molecule has 0 fully saturated rings. The van der Waals surface area contributed by atoms with Crippen molar-refractivity contribution in [1.82, 2.24) is 0 Å². The van der Waals surface area contributed by atoms with Crippen LogP contribution in [0.2, 0.25) is 0 Å². The van der Waals surface area contributed by atoms with Crippen molar-refractivity contribution < 1.29 is 22.8 Å². The Morgan fingerprint density at radius 1 is 0.821 bits per heavy atom. The molecular formula is C22H30O5S. The van der Waals surface area contributed by atoms with E-state index in [1.165, 1.54) is 62.8 Å². The van der Waals surface area contributed by atoms with Gasteiger partial charge in [-0.3, -0.25) is 4.55 Å². The van der Waals surface area contributed by atoms with Gasteiger partial charge in [0.25, 0.3) is 10.1 Å². The van der Waals surface area contributed by atoms with Gasteiger partial charge in [0.2, 0.25) is 0 Å². The summed E-state index contributed by atoms with van der Waals surface area (Å²) >= 11 is 0. The summed E-state index contributed by atoms with van der Waals surface area (Å²) < 4.78 is 38.3. The number of benzene rings is 2. The molecule has 6 heteroatoms. The minimum Gasteiger partial charge on any atom is -0.508 e. The lowest BCUT2D eigenvalue weighted by atomic mass is 10.0. The second kappa shape index (κ2) is 11.1. The van der Waals surface area contributed by atoms with Crippen molar-refractivity contribution in [3.8, 4) is 17.2 Å². The topological polar surface area (TPSA) is 83.8 Å². The van der Waals surface area contributed by atoms with Crippen molar-refractivity contribution in [3.05, 3.63) is 48.0 Å². The van der Waals surface area contributed by atoms with Gasteiger partial charge in [-0.05, 0) is 54.8 Å². The van der Waals surface area contributed by atoms with Crippen LogP contribution in [0.5, 0.6) is 17.2 Å². The van der Waals surface area contributed by atoms with Crippen molar-refractivity contribution in [2.75, 3.05) is 0 Å². The number of phenols is 1. The van der Waals surface area contributed by atoms with Gasteiger partial charge in [-0.25, -0.2) is 0 Å². The molecule has 0 aliphatic rings. The van der Waals surface area contributed by atoms with Crippen LogP contribution in [0, 0.1) is 0 Å². The second-order valence-electron chi connectivity index (χ2n) is 7.11. The zero-order valence-corrected chi connectivity index (χ0v) is 17.2. The van der Waals surface area contributed by atoms with E-state index in [4.69, 9.17) is 4.74 Å². The molecule has 0 bridgehead atoms. The molecule has 0 aliphatic heterocycles. The Morgan fingerprint density at radius 3 is 2.04 bits per heavy atom. The van der Waals surface area contributed by atoms with Crippen LogP contribution in [-0.4, -0.2) is 18.1 Å². The van der Waals surface area contributed by atoms with Crippen molar-refractivity contribution in [2.24, 2.45) is 0 Å². The van der Waals surface area contributed by atoms with E-state index in [9.17, 15) is 18.1 Å². The number of rotatable bonds is 12. The zero-order chi connectivity index (χ0) is 20.4. The number of ether oxygens (including phenoxy) is 1. The van der Waals surface area contributed by atoms with Crippen molar-refractivity contribution in [3.63, 3.8) is 0 Å². The van der Waals surface area contributed by atoms with Crippen molar-refractivity contribution >= 4 is 10.1 Å². The molecule has 28 heavy (non-hydrogen) atoms. The lowest BCUT2D eigenvalue weighted by Crippen LogP contribution is -2.00. The van der Waals surface area contributed by atoms with E-state index in [0.717, 1.165) is 24.8 Å². The molecule has 2 rings (SSSR count). The molecule has 2 aromatic rings. The first-order valence-electron chi connectivity index (χ1n) is 9.97. The number of hydrogen-bond acceptors (Lipinski definition) is 4. The highest BCUT2D eigenvalue weighted by atomic mass is 32.2. The van der Waals surface area contributed by atoms with Gasteiger partial charge in [-0.15, -0.1) is 0 Å². The molecule has 0 spiro atoms. The fourth-order valence-corrected chi connectivity index (χ4v) is 3.66. The van der Waals surface area contributed by atoms with Gasteiger partial charge in [0.15, 0.2) is 0 Å². The molecule has 0 saturated carbocycles. The third-order valence-electron chi connectivity index (χ3n) is 4.63. The first-order valence-corrected chi connectivity index (χ1v) is 11.4. The van der Waals surface area contributed by atoms with Crippen LogP contribution in [0.25, 0.3) is 0 Å². The third kappa shape index (κ3) is 7.90. The Kier molecular flexibility index (Phi) is 8.80. The third-order valence-corrected chi connectivity index (χ3v) is 5.46. The lowest BCUT2D eigenvalue weighted by molar-refractivity contribution is 0.461. The molecule has 0 heterocycles. The zero-order valence-electron chi connectivity index (χ0n) is 16.4. The molecule has 0 radical (unpaired) electrons. The van der Waals surface area contributed by atoms with Gasteiger partial charge in [0.05, 0.1) is 4.90 Å². The van der Waals surface area contributed by atoms with Crippen LogP contribution in [0.15, 0.2) is 47.4 Å². The van der Waals surface area contributed by atoms with Crippen molar-refractivity contribution in [2.45, 2.75) is 69.6 Å². The average molecular weight is 407 g/mol. The second-order valence-corrected chi connectivity index (χ2v) is 8.53. The largest absolute Gasteiger partial charge is 0.508 e. The first-order chi connectivity index (χ1) is 13.4. The maximum Gasteiger partial charge on any atom is 0.294 e. The minimum absolute atomic E-state index is 0.120. The normalized spacial score (nSPS) is 11.5. The summed E-state index contributed by atoms with van der Waals surface area (Å²) in [6, 6.07) is 10.8. The van der Waals surface area contributed by atoms with Crippen LogP contribution < -0.4 is 4.74 Å². The Labute approximate surface area is 168 Å². The standard InChI is InChI=1S/C22H30O5S/c1-2-3-4-5-6-7-8-9-10-18-15-21(17-22(16-18)28(24,25)26)27-20-13-11-19(23)12-14-20/h11-17,23H,2-10H2,1H3,(H,24,25,26). The molecular weight excluding hydrogens is 376 g/mol. The van der Waals surface area contributed by atoms with Crippen molar-refractivity contribution in [1.29, 1.82) is 0 Å². The highest BCUT2D eigenvalue weighted by Crippen LogP contribution is 2.28. The number of phenolic OH excluding ortho intramolecular Hbond substituents is 1. The predicted molar refractivity (Wildman–Crippen MR) is 111 cm³/mol. The molecule has 0 atom stereocenters. The number of aryl methyl sites for hydroxylation is 1. The van der Waals surface area contributed by atoms with Gasteiger partial charge < -0.3 is 9.84 Å². The fraction of sp³-hybridized carbons (Fsp3) is 0.455. The highest BCUT2D eigenvalue weighted by Gasteiger charge is 2.13. The smallest absolute Gasteiger partial charge is 0.294 e. The summed E-state index contributed by atoms with van der Waals surface area (Å²) in [7, 11) is -4.31. The molecule has 0 unspecified atom stereocenters. The number of unbranched alkanes of at least 4 members (excludes halogenated alkanes) is 7. The summed E-state index contributed by atoms with van der Waals surface area (Å²) in [5, 5.41) is 9.35. The summed E-state index contributed by atoms with van der Waals surface area (Å²) in [6.07, 6.45) is 10.3. The van der Waals surface area contributed by atoms with E-state index in [1.807, 2.05) is 0 Å². The van der Waals surface area contributed by atoms with Crippen LogP contribution >= 0.6 is 0 Å². The van der Waals surface area contributed by atoms with E-state index in [0.29, 0.717) is 11.5 Å². The van der Waals surface area contributed by atoms with E-state index >= 15 is 0 Å². The van der Waals surface area contributed by atoms with Gasteiger partial charge in [-0.2, -0.15) is 8.42 Å².